The van der Waals surface area contributed by atoms with Gasteiger partial charge in [0.15, 0.2) is 5.60 Å². The molecule has 1 fully saturated rings. The number of nitrogens with zero attached hydrogens (tertiary/aromatic N) is 1. The van der Waals surface area contributed by atoms with Crippen molar-refractivity contribution in [3.05, 3.63) is 0 Å². The lowest BCUT2D eigenvalue weighted by molar-refractivity contribution is -0.272. The number of rotatable bonds is 6. The van der Waals surface area contributed by atoms with Gasteiger partial charge < -0.3 is 14.7 Å². The van der Waals surface area contributed by atoms with Gasteiger partial charge in [0, 0.05) is 26.2 Å². The molecule has 18 heavy (non-hydrogen) atoms. The highest BCUT2D eigenvalue weighted by atomic mass is 19.4. The molecule has 3 nitrogen and oxygen atoms in total. The standard InChI is InChI=1S/C12H22F3NO2/c1-2-3-9-18-10-8-16-6-4-11(17,5-7-16)12(13,14)15/h17H,2-10H2,1H3. The van der Waals surface area contributed by atoms with E-state index in [1.165, 1.54) is 0 Å². The quantitative estimate of drug-likeness (QED) is 0.750. The molecule has 0 amide bonds. The van der Waals surface area contributed by atoms with Crippen molar-refractivity contribution in [1.29, 1.82) is 0 Å². The molecule has 6 heteroatoms. The van der Waals surface area contributed by atoms with Gasteiger partial charge in [-0.1, -0.05) is 13.3 Å². The first-order chi connectivity index (χ1) is 8.39. The van der Waals surface area contributed by atoms with E-state index in [0.717, 1.165) is 12.8 Å². The van der Waals surface area contributed by atoms with Crippen molar-refractivity contribution in [2.45, 2.75) is 44.4 Å². The molecular formula is C12H22F3NO2. The van der Waals surface area contributed by atoms with E-state index in [1.54, 1.807) is 0 Å². The maximum Gasteiger partial charge on any atom is 0.417 e. The highest BCUT2D eigenvalue weighted by molar-refractivity contribution is 4.91. The fourth-order valence-electron chi connectivity index (χ4n) is 1.97. The first-order valence-electron chi connectivity index (χ1n) is 6.48. The second kappa shape index (κ2) is 6.73. The Morgan fingerprint density at radius 2 is 1.83 bits per heavy atom. The monoisotopic (exact) mass is 269 g/mol. The van der Waals surface area contributed by atoms with Gasteiger partial charge in [0.05, 0.1) is 6.61 Å². The predicted octanol–water partition coefficient (Wildman–Crippen LogP) is 2.19. The van der Waals surface area contributed by atoms with Gasteiger partial charge in [-0.15, -0.1) is 0 Å². The van der Waals surface area contributed by atoms with Crippen LogP contribution in [0.3, 0.4) is 0 Å². The SMILES string of the molecule is CCCCOCCN1CCC(O)(C(F)(F)F)CC1. The normalized spacial score (nSPS) is 21.2. The lowest BCUT2D eigenvalue weighted by Gasteiger charge is -2.39. The highest BCUT2D eigenvalue weighted by Crippen LogP contribution is 2.38. The third kappa shape index (κ3) is 4.40. The molecule has 0 radical (unpaired) electrons. The van der Waals surface area contributed by atoms with Gasteiger partial charge in [-0.3, -0.25) is 0 Å². The van der Waals surface area contributed by atoms with E-state index in [9.17, 15) is 18.3 Å². The number of aliphatic hydroxyl groups is 1. The third-order valence-corrected chi connectivity index (χ3v) is 3.40. The first-order valence-corrected chi connectivity index (χ1v) is 6.48. The molecule has 0 aliphatic carbocycles. The largest absolute Gasteiger partial charge is 0.417 e. The number of piperidine rings is 1. The number of hydrogen-bond acceptors (Lipinski definition) is 3. The number of alkyl halides is 3. The van der Waals surface area contributed by atoms with Crippen LogP contribution in [0.25, 0.3) is 0 Å². The van der Waals surface area contributed by atoms with Gasteiger partial charge in [-0.25, -0.2) is 0 Å². The number of ether oxygens (including phenoxy) is 1. The average molecular weight is 269 g/mol. The van der Waals surface area contributed by atoms with Crippen LogP contribution in [0.2, 0.25) is 0 Å². The van der Waals surface area contributed by atoms with Crippen LogP contribution in [0.1, 0.15) is 32.6 Å². The van der Waals surface area contributed by atoms with Crippen LogP contribution >= 0.6 is 0 Å². The summed E-state index contributed by atoms with van der Waals surface area (Å²) in [5.74, 6) is 0. The summed E-state index contributed by atoms with van der Waals surface area (Å²) in [6.45, 7) is 4.51. The molecule has 0 aromatic heterocycles. The summed E-state index contributed by atoms with van der Waals surface area (Å²) in [4.78, 5) is 1.91. The fraction of sp³-hybridized carbons (Fsp3) is 1.00. The second-order valence-corrected chi connectivity index (χ2v) is 4.84. The minimum Gasteiger partial charge on any atom is -0.380 e. The van der Waals surface area contributed by atoms with Crippen LogP contribution in [-0.2, 0) is 4.74 Å². The molecule has 1 heterocycles. The summed E-state index contributed by atoms with van der Waals surface area (Å²) >= 11 is 0. The molecule has 1 rings (SSSR count). The van der Waals surface area contributed by atoms with Gasteiger partial charge in [-0.2, -0.15) is 13.2 Å². The van der Waals surface area contributed by atoms with Crippen LogP contribution in [0, 0.1) is 0 Å². The van der Waals surface area contributed by atoms with E-state index in [0.29, 0.717) is 19.8 Å². The van der Waals surface area contributed by atoms with E-state index in [-0.39, 0.29) is 25.9 Å². The average Bonchev–Trinajstić information content (AvgIpc) is 2.30. The topological polar surface area (TPSA) is 32.7 Å². The number of unbranched alkanes of at least 4 members (excludes halogenated alkanes) is 1. The molecule has 1 aliphatic heterocycles. The minimum absolute atomic E-state index is 0.245. The van der Waals surface area contributed by atoms with Crippen molar-refractivity contribution in [2.24, 2.45) is 0 Å². The van der Waals surface area contributed by atoms with E-state index in [4.69, 9.17) is 4.74 Å². The van der Waals surface area contributed by atoms with Crippen LogP contribution in [0.15, 0.2) is 0 Å². The van der Waals surface area contributed by atoms with Gasteiger partial charge >= 0.3 is 6.18 Å². The molecule has 1 saturated heterocycles. The minimum atomic E-state index is -4.52. The van der Waals surface area contributed by atoms with Crippen molar-refractivity contribution in [2.75, 3.05) is 32.8 Å². The van der Waals surface area contributed by atoms with E-state index in [2.05, 4.69) is 6.92 Å². The Bertz CT molecular complexity index is 238. The van der Waals surface area contributed by atoms with Gasteiger partial charge in [0.25, 0.3) is 0 Å². The van der Waals surface area contributed by atoms with Crippen molar-refractivity contribution in [3.8, 4) is 0 Å². The van der Waals surface area contributed by atoms with Crippen LogP contribution in [0.4, 0.5) is 13.2 Å². The molecular weight excluding hydrogens is 247 g/mol. The molecule has 0 saturated carbocycles. The lowest BCUT2D eigenvalue weighted by Crippen LogP contribution is -2.53. The molecule has 0 unspecified atom stereocenters. The Morgan fingerprint density at radius 1 is 1.22 bits per heavy atom. The van der Waals surface area contributed by atoms with E-state index >= 15 is 0 Å². The maximum atomic E-state index is 12.6. The summed E-state index contributed by atoms with van der Waals surface area (Å²) in [5.41, 5.74) is -2.49. The maximum absolute atomic E-state index is 12.6. The Labute approximate surface area is 106 Å². The second-order valence-electron chi connectivity index (χ2n) is 4.84. The summed E-state index contributed by atoms with van der Waals surface area (Å²) in [6, 6.07) is 0. The van der Waals surface area contributed by atoms with E-state index in [1.807, 2.05) is 4.90 Å². The number of hydrogen-bond donors (Lipinski definition) is 1. The summed E-state index contributed by atoms with van der Waals surface area (Å²) < 4.78 is 43.0. The Kier molecular flexibility index (Phi) is 5.88. The van der Waals surface area contributed by atoms with Crippen molar-refractivity contribution in [3.63, 3.8) is 0 Å². The highest BCUT2D eigenvalue weighted by Gasteiger charge is 2.54. The summed E-state index contributed by atoms with van der Waals surface area (Å²) in [5, 5.41) is 9.48. The molecule has 0 aromatic rings. The number of halogens is 3. The van der Waals surface area contributed by atoms with Gasteiger partial charge in [0.2, 0.25) is 0 Å². The Balaban J connectivity index is 2.19. The van der Waals surface area contributed by atoms with Gasteiger partial charge in [0.1, 0.15) is 0 Å². The predicted molar refractivity (Wildman–Crippen MR) is 62.4 cm³/mol. The zero-order valence-corrected chi connectivity index (χ0v) is 10.8. The third-order valence-electron chi connectivity index (χ3n) is 3.40. The zero-order chi connectivity index (χ0) is 13.6. The van der Waals surface area contributed by atoms with Crippen LogP contribution in [-0.4, -0.2) is 54.6 Å². The van der Waals surface area contributed by atoms with Gasteiger partial charge in [-0.05, 0) is 19.3 Å². The van der Waals surface area contributed by atoms with Crippen LogP contribution in [0.5, 0.6) is 0 Å². The molecule has 108 valence electrons. The smallest absolute Gasteiger partial charge is 0.380 e. The van der Waals surface area contributed by atoms with Crippen molar-refractivity contribution in [1.82, 2.24) is 4.90 Å². The molecule has 1 N–H and O–H groups in total. The molecule has 0 spiro atoms. The Hall–Kier alpha value is -0.330. The van der Waals surface area contributed by atoms with Crippen LogP contribution < -0.4 is 0 Å². The summed E-state index contributed by atoms with van der Waals surface area (Å²) in [7, 11) is 0. The van der Waals surface area contributed by atoms with Crippen molar-refractivity contribution < 1.29 is 23.0 Å². The molecule has 1 aliphatic rings. The molecule has 0 aromatic carbocycles. The Morgan fingerprint density at radius 3 is 2.33 bits per heavy atom. The number of likely N-dealkylation sites (tertiary alicyclic amines) is 1. The molecule has 0 bridgehead atoms. The summed E-state index contributed by atoms with van der Waals surface area (Å²) in [6.07, 6.45) is -2.93. The first kappa shape index (κ1) is 15.7. The zero-order valence-electron chi connectivity index (χ0n) is 10.8. The lowest BCUT2D eigenvalue weighted by atomic mass is 9.91. The van der Waals surface area contributed by atoms with E-state index < -0.39 is 11.8 Å². The fourth-order valence-corrected chi connectivity index (χ4v) is 1.97. The van der Waals surface area contributed by atoms with Crippen molar-refractivity contribution >= 4 is 0 Å². The molecule has 0 atom stereocenters.